The van der Waals surface area contributed by atoms with Gasteiger partial charge in [-0.1, -0.05) is 17.7 Å². The van der Waals surface area contributed by atoms with Crippen LogP contribution >= 0.6 is 11.6 Å². The number of carbonyl (C=O) groups excluding carboxylic acids is 1. The number of halogens is 1. The fourth-order valence-corrected chi connectivity index (χ4v) is 4.30. The van der Waals surface area contributed by atoms with Crippen molar-refractivity contribution in [2.24, 2.45) is 0 Å². The Balaban J connectivity index is 1.90. The van der Waals surface area contributed by atoms with Gasteiger partial charge in [0.25, 0.3) is 15.9 Å². The molecule has 6 nitrogen and oxygen atoms in total. The van der Waals surface area contributed by atoms with Crippen LogP contribution in [0, 0.1) is 13.8 Å². The van der Waals surface area contributed by atoms with Crippen LogP contribution in [0.5, 0.6) is 0 Å². The van der Waals surface area contributed by atoms with Crippen molar-refractivity contribution in [1.82, 2.24) is 4.98 Å². The highest BCUT2D eigenvalue weighted by atomic mass is 35.5. The van der Waals surface area contributed by atoms with E-state index in [9.17, 15) is 13.2 Å². The number of nitrogens with one attached hydrogen (secondary N) is 2. The SMILES string of the molecule is Cc1cc(C)cc(NS(=O)(=O)c2cc(C(=O)Nc3cccnc3)ccc2Cl)c1. The molecule has 0 saturated heterocycles. The van der Waals surface area contributed by atoms with Crippen molar-refractivity contribution in [3.63, 3.8) is 0 Å². The number of amides is 1. The van der Waals surface area contributed by atoms with Gasteiger partial charge in [0, 0.05) is 17.4 Å². The Kier molecular flexibility index (Phi) is 5.67. The third-order valence-corrected chi connectivity index (χ3v) is 5.74. The molecular weight excluding hydrogens is 398 g/mol. The number of benzene rings is 2. The molecule has 2 N–H and O–H groups in total. The summed E-state index contributed by atoms with van der Waals surface area (Å²) < 4.78 is 28.2. The van der Waals surface area contributed by atoms with E-state index in [4.69, 9.17) is 11.6 Å². The molecule has 0 saturated carbocycles. The Labute approximate surface area is 168 Å². The lowest BCUT2D eigenvalue weighted by Gasteiger charge is -2.12. The number of aromatic nitrogens is 1. The van der Waals surface area contributed by atoms with Gasteiger partial charge in [-0.2, -0.15) is 0 Å². The van der Waals surface area contributed by atoms with Gasteiger partial charge in [-0.15, -0.1) is 0 Å². The normalized spacial score (nSPS) is 11.1. The van der Waals surface area contributed by atoms with Gasteiger partial charge >= 0.3 is 0 Å². The van der Waals surface area contributed by atoms with Gasteiger partial charge in [-0.3, -0.25) is 14.5 Å². The monoisotopic (exact) mass is 415 g/mol. The van der Waals surface area contributed by atoms with E-state index in [2.05, 4.69) is 15.0 Å². The van der Waals surface area contributed by atoms with Crippen molar-refractivity contribution in [3.8, 4) is 0 Å². The molecule has 0 aliphatic rings. The Morgan fingerprint density at radius 1 is 1.00 bits per heavy atom. The largest absolute Gasteiger partial charge is 0.321 e. The first-order valence-electron chi connectivity index (χ1n) is 8.37. The summed E-state index contributed by atoms with van der Waals surface area (Å²) in [7, 11) is -3.98. The zero-order chi connectivity index (χ0) is 20.3. The fraction of sp³-hybridized carbons (Fsp3) is 0.100. The Bertz CT molecular complexity index is 1110. The molecule has 144 valence electrons. The van der Waals surface area contributed by atoms with Crippen LogP contribution in [0.25, 0.3) is 0 Å². The van der Waals surface area contributed by atoms with Crippen LogP contribution in [0.4, 0.5) is 11.4 Å². The second-order valence-corrected chi connectivity index (χ2v) is 8.38. The quantitative estimate of drug-likeness (QED) is 0.646. The van der Waals surface area contributed by atoms with Gasteiger partial charge < -0.3 is 5.32 Å². The predicted molar refractivity (Wildman–Crippen MR) is 110 cm³/mol. The first-order chi connectivity index (χ1) is 13.2. The van der Waals surface area contributed by atoms with Crippen LogP contribution in [0.1, 0.15) is 21.5 Å². The van der Waals surface area contributed by atoms with Crippen LogP contribution in [0.15, 0.2) is 65.8 Å². The zero-order valence-corrected chi connectivity index (χ0v) is 16.8. The first kappa shape index (κ1) is 19.9. The molecule has 0 bridgehead atoms. The molecule has 0 atom stereocenters. The number of hydrogen-bond donors (Lipinski definition) is 2. The van der Waals surface area contributed by atoms with Crippen LogP contribution in [-0.2, 0) is 10.0 Å². The minimum absolute atomic E-state index is 0.0230. The van der Waals surface area contributed by atoms with Crippen molar-refractivity contribution in [2.75, 3.05) is 10.0 Å². The van der Waals surface area contributed by atoms with Crippen LogP contribution < -0.4 is 10.0 Å². The lowest BCUT2D eigenvalue weighted by molar-refractivity contribution is 0.102. The third-order valence-electron chi connectivity index (χ3n) is 3.88. The van der Waals surface area contributed by atoms with Crippen LogP contribution in [0.3, 0.4) is 0 Å². The van der Waals surface area contributed by atoms with E-state index >= 15 is 0 Å². The van der Waals surface area contributed by atoms with E-state index in [0.29, 0.717) is 11.4 Å². The highest BCUT2D eigenvalue weighted by Crippen LogP contribution is 2.26. The van der Waals surface area contributed by atoms with E-state index in [0.717, 1.165) is 11.1 Å². The molecule has 28 heavy (non-hydrogen) atoms. The van der Waals surface area contributed by atoms with Gasteiger partial charge in [-0.05, 0) is 67.4 Å². The number of sulfonamides is 1. The summed E-state index contributed by atoms with van der Waals surface area (Å²) in [5.41, 5.74) is 2.94. The standard InChI is InChI=1S/C20H18ClN3O3S/c1-13-8-14(2)10-17(9-13)24-28(26,27)19-11-15(5-6-18(19)21)20(25)23-16-4-3-7-22-12-16/h3-12,24H,1-2H3,(H,23,25). The predicted octanol–water partition coefficient (Wildman–Crippen LogP) is 4.40. The molecule has 0 radical (unpaired) electrons. The highest BCUT2D eigenvalue weighted by molar-refractivity contribution is 7.92. The minimum Gasteiger partial charge on any atom is -0.321 e. The van der Waals surface area contributed by atoms with E-state index in [1.165, 1.54) is 24.4 Å². The van der Waals surface area contributed by atoms with E-state index in [1.807, 2.05) is 19.9 Å². The number of pyridine rings is 1. The summed E-state index contributed by atoms with van der Waals surface area (Å²) >= 11 is 6.11. The molecule has 0 unspecified atom stereocenters. The maximum Gasteiger partial charge on any atom is 0.263 e. The Morgan fingerprint density at radius 3 is 2.36 bits per heavy atom. The number of nitrogens with zero attached hydrogens (tertiary/aromatic N) is 1. The van der Waals surface area contributed by atoms with Crippen molar-refractivity contribution in [2.45, 2.75) is 18.7 Å². The van der Waals surface area contributed by atoms with Crippen LogP contribution in [-0.4, -0.2) is 19.3 Å². The number of aryl methyl sites for hydroxylation is 2. The van der Waals surface area contributed by atoms with E-state index in [-0.39, 0.29) is 15.5 Å². The fourth-order valence-electron chi connectivity index (χ4n) is 2.73. The highest BCUT2D eigenvalue weighted by Gasteiger charge is 2.21. The summed E-state index contributed by atoms with van der Waals surface area (Å²) in [6.07, 6.45) is 3.08. The molecule has 2 aromatic carbocycles. The summed E-state index contributed by atoms with van der Waals surface area (Å²) in [6, 6.07) is 12.8. The first-order valence-corrected chi connectivity index (χ1v) is 10.2. The lowest BCUT2D eigenvalue weighted by Crippen LogP contribution is -2.16. The lowest BCUT2D eigenvalue weighted by atomic mass is 10.1. The Morgan fingerprint density at radius 2 is 1.71 bits per heavy atom. The number of rotatable bonds is 5. The van der Waals surface area contributed by atoms with Crippen molar-refractivity contribution < 1.29 is 13.2 Å². The molecule has 0 aliphatic heterocycles. The van der Waals surface area contributed by atoms with Crippen LogP contribution in [0.2, 0.25) is 5.02 Å². The molecule has 8 heteroatoms. The molecular formula is C20H18ClN3O3S. The van der Waals surface area contributed by atoms with Gasteiger partial charge in [0.2, 0.25) is 0 Å². The molecule has 0 fully saturated rings. The van der Waals surface area contributed by atoms with E-state index < -0.39 is 15.9 Å². The molecule has 1 aromatic heterocycles. The topological polar surface area (TPSA) is 88.2 Å². The molecule has 0 aliphatic carbocycles. The summed E-state index contributed by atoms with van der Waals surface area (Å²) in [5, 5.41) is 2.68. The number of carbonyl (C=O) groups is 1. The average molecular weight is 416 g/mol. The number of anilines is 2. The molecule has 1 heterocycles. The smallest absolute Gasteiger partial charge is 0.263 e. The zero-order valence-electron chi connectivity index (χ0n) is 15.2. The second kappa shape index (κ2) is 8.00. The molecule has 0 spiro atoms. The maximum absolute atomic E-state index is 12.8. The van der Waals surface area contributed by atoms with Crippen molar-refractivity contribution in [3.05, 3.63) is 82.6 Å². The van der Waals surface area contributed by atoms with Gasteiger partial charge in [-0.25, -0.2) is 8.42 Å². The van der Waals surface area contributed by atoms with Gasteiger partial charge in [0.15, 0.2) is 0 Å². The van der Waals surface area contributed by atoms with Gasteiger partial charge in [0.05, 0.1) is 16.9 Å². The third kappa shape index (κ3) is 4.68. The number of hydrogen-bond acceptors (Lipinski definition) is 4. The molecule has 3 rings (SSSR count). The second-order valence-electron chi connectivity index (χ2n) is 6.32. The molecule has 1 amide bonds. The maximum atomic E-state index is 12.8. The summed E-state index contributed by atoms with van der Waals surface area (Å²) in [6.45, 7) is 3.75. The van der Waals surface area contributed by atoms with Crippen molar-refractivity contribution >= 4 is 38.9 Å². The Hall–Kier alpha value is -2.90. The minimum atomic E-state index is -3.98. The van der Waals surface area contributed by atoms with E-state index in [1.54, 1.807) is 30.5 Å². The summed E-state index contributed by atoms with van der Waals surface area (Å²) in [4.78, 5) is 16.2. The average Bonchev–Trinajstić information content (AvgIpc) is 2.61. The molecule has 3 aromatic rings. The summed E-state index contributed by atoms with van der Waals surface area (Å²) in [5.74, 6) is -0.465. The van der Waals surface area contributed by atoms with Crippen molar-refractivity contribution in [1.29, 1.82) is 0 Å². The van der Waals surface area contributed by atoms with Gasteiger partial charge in [0.1, 0.15) is 4.90 Å².